The van der Waals surface area contributed by atoms with E-state index < -0.39 is 35.3 Å². The quantitative estimate of drug-likeness (QED) is 0.258. The van der Waals surface area contributed by atoms with Gasteiger partial charge in [0.25, 0.3) is 5.91 Å². The summed E-state index contributed by atoms with van der Waals surface area (Å²) >= 11 is 0. The number of rotatable bonds is 7. The number of hydrogen-bond donors (Lipinski definition) is 2. The third kappa shape index (κ3) is 4.92. The molecule has 5 rings (SSSR count). The molecule has 0 bridgehead atoms. The summed E-state index contributed by atoms with van der Waals surface area (Å²) in [5.74, 6) is -1.40. The summed E-state index contributed by atoms with van der Waals surface area (Å²) in [5.41, 5.74) is -3.04. The molecule has 11 heteroatoms. The molecule has 1 saturated carbocycles. The first-order valence-corrected chi connectivity index (χ1v) is 12.8. The maximum Gasteiger partial charge on any atom is 0.416 e. The van der Waals surface area contributed by atoms with Crippen molar-refractivity contribution in [3.63, 3.8) is 0 Å². The van der Waals surface area contributed by atoms with Crippen LogP contribution in [0.5, 0.6) is 0 Å². The SMILES string of the molecule is CN(C=N)C(=N)[C@H](F)[C@](C)(F)c1cccc(N2Cc3c(cc(CN4CCC5(CC5)C4)cc3C(F)(F)F)C2=O)c1. The first-order valence-electron chi connectivity index (χ1n) is 12.8. The summed E-state index contributed by atoms with van der Waals surface area (Å²) in [5, 5.41) is 15.0. The fraction of sp³-hybridized carbons (Fsp3) is 0.464. The Labute approximate surface area is 223 Å². The van der Waals surface area contributed by atoms with Gasteiger partial charge in [0.05, 0.1) is 18.4 Å². The maximum atomic E-state index is 15.6. The van der Waals surface area contributed by atoms with Gasteiger partial charge in [-0.1, -0.05) is 12.1 Å². The average molecular weight is 548 g/mol. The van der Waals surface area contributed by atoms with Crippen LogP contribution >= 0.6 is 0 Å². The summed E-state index contributed by atoms with van der Waals surface area (Å²) in [6.45, 7) is 2.59. The van der Waals surface area contributed by atoms with Gasteiger partial charge >= 0.3 is 6.18 Å². The predicted octanol–water partition coefficient (Wildman–Crippen LogP) is 5.89. The van der Waals surface area contributed by atoms with Crippen LogP contribution in [-0.2, 0) is 24.9 Å². The van der Waals surface area contributed by atoms with Gasteiger partial charge in [-0.05, 0) is 79.1 Å². The second-order valence-electron chi connectivity index (χ2n) is 11.1. The van der Waals surface area contributed by atoms with Crippen molar-refractivity contribution in [1.29, 1.82) is 10.8 Å². The topological polar surface area (TPSA) is 74.5 Å². The number of hydrogen-bond acceptors (Lipinski definition) is 4. The van der Waals surface area contributed by atoms with Crippen molar-refractivity contribution in [3.8, 4) is 0 Å². The zero-order valence-corrected chi connectivity index (χ0v) is 21.7. The Balaban J connectivity index is 1.44. The summed E-state index contributed by atoms with van der Waals surface area (Å²) < 4.78 is 73.0. The number of halogens is 5. The zero-order valence-electron chi connectivity index (χ0n) is 21.7. The summed E-state index contributed by atoms with van der Waals surface area (Å²) in [6.07, 6.45) is -3.07. The van der Waals surface area contributed by atoms with E-state index in [0.29, 0.717) is 23.9 Å². The Morgan fingerprint density at radius 1 is 1.18 bits per heavy atom. The van der Waals surface area contributed by atoms with Gasteiger partial charge in [-0.25, -0.2) is 8.78 Å². The highest BCUT2D eigenvalue weighted by Gasteiger charge is 2.48. The third-order valence-corrected chi connectivity index (χ3v) is 8.30. The molecule has 2 aromatic rings. The van der Waals surface area contributed by atoms with E-state index in [-0.39, 0.29) is 28.9 Å². The van der Waals surface area contributed by atoms with Gasteiger partial charge in [0, 0.05) is 31.4 Å². The second kappa shape index (κ2) is 9.39. The van der Waals surface area contributed by atoms with E-state index in [9.17, 15) is 22.4 Å². The summed E-state index contributed by atoms with van der Waals surface area (Å²) in [7, 11) is 1.24. The van der Waals surface area contributed by atoms with Gasteiger partial charge in [-0.15, -0.1) is 0 Å². The Hall–Kier alpha value is -3.34. The highest BCUT2D eigenvalue weighted by molar-refractivity contribution is 6.10. The van der Waals surface area contributed by atoms with Crippen molar-refractivity contribution in [2.24, 2.45) is 5.41 Å². The first kappa shape index (κ1) is 27.2. The van der Waals surface area contributed by atoms with Gasteiger partial charge in [0.15, 0.2) is 11.8 Å². The molecule has 2 fully saturated rings. The maximum absolute atomic E-state index is 15.6. The second-order valence-corrected chi connectivity index (χ2v) is 11.1. The number of alkyl halides is 5. The standard InChI is InChI=1S/C28H30F5N5O/c1-26(30,23(29)24(35)36(2)16-34)18-4-3-5-19(12-18)38-14-21-20(25(38)39)10-17(11-22(21)28(31,32)33)13-37-9-8-27(15-37)6-7-27/h3-5,10-12,16,23,34-35H,6-9,13-15H2,1-2H3/t23-,26+/m0/s1. The van der Waals surface area contributed by atoms with E-state index in [1.807, 2.05) is 0 Å². The highest BCUT2D eigenvalue weighted by Crippen LogP contribution is 2.53. The Morgan fingerprint density at radius 2 is 1.90 bits per heavy atom. The summed E-state index contributed by atoms with van der Waals surface area (Å²) in [6, 6.07) is 8.03. The number of anilines is 1. The zero-order chi connectivity index (χ0) is 28.3. The lowest BCUT2D eigenvalue weighted by molar-refractivity contribution is -0.138. The van der Waals surface area contributed by atoms with Crippen LogP contribution in [0.4, 0.5) is 27.6 Å². The van der Waals surface area contributed by atoms with Crippen molar-refractivity contribution in [1.82, 2.24) is 9.80 Å². The minimum atomic E-state index is -4.67. The number of carbonyl (C=O) groups is 1. The normalized spacial score (nSPS) is 20.6. The summed E-state index contributed by atoms with van der Waals surface area (Å²) in [4.78, 5) is 17.5. The number of amides is 1. The number of nitrogens with zero attached hydrogens (tertiary/aromatic N) is 3. The molecule has 0 radical (unpaired) electrons. The molecular formula is C28H30F5N5O. The smallest absolute Gasteiger partial charge is 0.322 e. The Bertz CT molecular complexity index is 1340. The Morgan fingerprint density at radius 3 is 2.51 bits per heavy atom. The molecule has 208 valence electrons. The molecule has 6 nitrogen and oxygen atoms in total. The largest absolute Gasteiger partial charge is 0.416 e. The van der Waals surface area contributed by atoms with Crippen molar-refractivity contribution >= 4 is 23.8 Å². The van der Waals surface area contributed by atoms with Crippen LogP contribution in [-0.4, -0.2) is 54.2 Å². The van der Waals surface area contributed by atoms with Crippen LogP contribution in [0, 0.1) is 16.2 Å². The van der Waals surface area contributed by atoms with Crippen LogP contribution in [0.2, 0.25) is 0 Å². The van der Waals surface area contributed by atoms with Crippen LogP contribution in [0.1, 0.15) is 58.8 Å². The van der Waals surface area contributed by atoms with E-state index in [1.165, 1.54) is 37.4 Å². The Kier molecular flexibility index (Phi) is 6.56. The molecule has 1 spiro atoms. The van der Waals surface area contributed by atoms with E-state index in [4.69, 9.17) is 10.8 Å². The molecule has 2 heterocycles. The number of carbonyl (C=O) groups excluding carboxylic acids is 1. The molecule has 1 aliphatic carbocycles. The van der Waals surface area contributed by atoms with Gasteiger partial charge in [-0.2, -0.15) is 13.2 Å². The van der Waals surface area contributed by atoms with Crippen LogP contribution in [0.25, 0.3) is 0 Å². The highest BCUT2D eigenvalue weighted by atomic mass is 19.4. The minimum absolute atomic E-state index is 0.0358. The van der Waals surface area contributed by atoms with Gasteiger partial charge in [0.2, 0.25) is 0 Å². The number of fused-ring (bicyclic) bond motifs is 1. The lowest BCUT2D eigenvalue weighted by Crippen LogP contribution is -2.42. The van der Waals surface area contributed by atoms with Crippen molar-refractivity contribution < 1.29 is 26.7 Å². The van der Waals surface area contributed by atoms with E-state index in [0.717, 1.165) is 55.1 Å². The van der Waals surface area contributed by atoms with Crippen LogP contribution in [0.15, 0.2) is 36.4 Å². The molecule has 0 unspecified atom stereocenters. The molecule has 2 atom stereocenters. The molecule has 1 saturated heterocycles. The van der Waals surface area contributed by atoms with Crippen LogP contribution < -0.4 is 4.90 Å². The van der Waals surface area contributed by atoms with E-state index in [2.05, 4.69) is 4.90 Å². The van der Waals surface area contributed by atoms with Gasteiger partial charge < -0.3 is 9.80 Å². The molecule has 39 heavy (non-hydrogen) atoms. The third-order valence-electron chi connectivity index (χ3n) is 8.30. The van der Waals surface area contributed by atoms with Gasteiger partial charge in [0.1, 0.15) is 5.84 Å². The number of benzene rings is 2. The number of likely N-dealkylation sites (tertiary alicyclic amines) is 1. The average Bonchev–Trinajstić information content (AvgIpc) is 3.42. The molecule has 0 aromatic heterocycles. The minimum Gasteiger partial charge on any atom is -0.322 e. The predicted molar refractivity (Wildman–Crippen MR) is 138 cm³/mol. The lowest BCUT2D eigenvalue weighted by atomic mass is 9.91. The molecule has 2 aliphatic heterocycles. The molecule has 2 N–H and O–H groups in total. The van der Waals surface area contributed by atoms with E-state index >= 15 is 4.39 Å². The molecular weight excluding hydrogens is 517 g/mol. The molecule has 3 aliphatic rings. The van der Waals surface area contributed by atoms with Crippen LogP contribution in [0.3, 0.4) is 0 Å². The number of amidine groups is 1. The van der Waals surface area contributed by atoms with Gasteiger partial charge in [-0.3, -0.25) is 20.5 Å². The monoisotopic (exact) mass is 547 g/mol. The van der Waals surface area contributed by atoms with Crippen molar-refractivity contribution in [2.45, 2.75) is 57.3 Å². The fourth-order valence-corrected chi connectivity index (χ4v) is 5.66. The van der Waals surface area contributed by atoms with Crippen molar-refractivity contribution in [2.75, 3.05) is 25.0 Å². The fourth-order valence-electron chi connectivity index (χ4n) is 5.66. The van der Waals surface area contributed by atoms with Crippen molar-refractivity contribution in [3.05, 3.63) is 64.2 Å². The molecule has 2 aromatic carbocycles. The first-order chi connectivity index (χ1) is 18.3. The lowest BCUT2D eigenvalue weighted by Gasteiger charge is -2.29. The molecule has 1 amide bonds. The van der Waals surface area contributed by atoms with E-state index in [1.54, 1.807) is 0 Å². The number of nitrogens with one attached hydrogen (secondary N) is 2.